The van der Waals surface area contributed by atoms with Crippen LogP contribution in [0, 0.1) is 6.92 Å². The van der Waals surface area contributed by atoms with Crippen LogP contribution < -0.4 is 4.74 Å². The Morgan fingerprint density at radius 3 is 2.38 bits per heavy atom. The molecule has 0 spiro atoms. The molecular formula is C10H8BrF3O2. The van der Waals surface area contributed by atoms with E-state index in [4.69, 9.17) is 4.74 Å². The highest BCUT2D eigenvalue weighted by Gasteiger charge is 2.41. The van der Waals surface area contributed by atoms with Crippen molar-refractivity contribution in [3.8, 4) is 5.75 Å². The number of aryl methyl sites for hydroxylation is 1. The van der Waals surface area contributed by atoms with Gasteiger partial charge >= 0.3 is 6.18 Å². The van der Waals surface area contributed by atoms with Crippen molar-refractivity contribution in [3.05, 3.63) is 27.7 Å². The normalized spacial score (nSPS) is 11.4. The minimum absolute atomic E-state index is 0.0974. The Hall–Kier alpha value is -1.04. The molecular weight excluding hydrogens is 289 g/mol. The van der Waals surface area contributed by atoms with Gasteiger partial charge in [0, 0.05) is 4.47 Å². The van der Waals surface area contributed by atoms with Gasteiger partial charge in [-0.1, -0.05) is 15.9 Å². The molecule has 0 aliphatic heterocycles. The number of Topliss-reactive ketones (excluding diaryl/α,β-unsaturated/α-hetero) is 1. The lowest BCUT2D eigenvalue weighted by molar-refractivity contribution is -0.0886. The molecule has 0 amide bonds. The van der Waals surface area contributed by atoms with Crippen molar-refractivity contribution in [2.75, 3.05) is 7.11 Å². The number of hydrogen-bond donors (Lipinski definition) is 0. The Morgan fingerprint density at radius 1 is 1.38 bits per heavy atom. The first-order valence-electron chi connectivity index (χ1n) is 4.23. The van der Waals surface area contributed by atoms with E-state index in [9.17, 15) is 18.0 Å². The fourth-order valence-electron chi connectivity index (χ4n) is 1.16. The van der Waals surface area contributed by atoms with E-state index in [1.807, 2.05) is 0 Å². The van der Waals surface area contributed by atoms with Crippen LogP contribution in [0.1, 0.15) is 15.9 Å². The molecule has 16 heavy (non-hydrogen) atoms. The lowest BCUT2D eigenvalue weighted by atomic mass is 10.1. The van der Waals surface area contributed by atoms with Crippen LogP contribution in [0.2, 0.25) is 0 Å². The first kappa shape index (κ1) is 13.0. The van der Waals surface area contributed by atoms with Gasteiger partial charge in [-0.2, -0.15) is 13.2 Å². The van der Waals surface area contributed by atoms with Gasteiger partial charge < -0.3 is 4.74 Å². The number of ketones is 1. The van der Waals surface area contributed by atoms with E-state index in [0.717, 1.165) is 6.07 Å². The number of ether oxygens (including phenoxy) is 1. The Labute approximate surface area is 98.5 Å². The first-order valence-corrected chi connectivity index (χ1v) is 5.02. The Morgan fingerprint density at radius 2 is 1.94 bits per heavy atom. The van der Waals surface area contributed by atoms with Gasteiger partial charge in [-0.05, 0) is 24.6 Å². The summed E-state index contributed by atoms with van der Waals surface area (Å²) in [7, 11) is 1.21. The van der Waals surface area contributed by atoms with Gasteiger partial charge in [-0.3, -0.25) is 4.79 Å². The highest BCUT2D eigenvalue weighted by Crippen LogP contribution is 2.31. The van der Waals surface area contributed by atoms with Gasteiger partial charge in [0.05, 0.1) is 12.7 Å². The summed E-state index contributed by atoms with van der Waals surface area (Å²) >= 11 is 3.15. The molecule has 0 fully saturated rings. The Kier molecular flexibility index (Phi) is 3.62. The molecule has 1 rings (SSSR count). The summed E-state index contributed by atoms with van der Waals surface area (Å²) in [5.74, 6) is -2.00. The molecule has 0 atom stereocenters. The van der Waals surface area contributed by atoms with E-state index in [-0.39, 0.29) is 5.75 Å². The van der Waals surface area contributed by atoms with Gasteiger partial charge in [0.15, 0.2) is 0 Å². The van der Waals surface area contributed by atoms with Gasteiger partial charge in [-0.15, -0.1) is 0 Å². The maximum Gasteiger partial charge on any atom is 0.455 e. The van der Waals surface area contributed by atoms with Crippen LogP contribution >= 0.6 is 15.9 Å². The average Bonchev–Trinajstić information content (AvgIpc) is 2.19. The molecule has 88 valence electrons. The summed E-state index contributed by atoms with van der Waals surface area (Å²) in [6.07, 6.45) is -4.90. The monoisotopic (exact) mass is 296 g/mol. The van der Waals surface area contributed by atoms with Crippen molar-refractivity contribution in [1.29, 1.82) is 0 Å². The summed E-state index contributed by atoms with van der Waals surface area (Å²) < 4.78 is 42.1. The van der Waals surface area contributed by atoms with Gasteiger partial charge in [-0.25, -0.2) is 0 Å². The van der Waals surface area contributed by atoms with Gasteiger partial charge in [0.1, 0.15) is 5.75 Å². The van der Waals surface area contributed by atoms with Crippen molar-refractivity contribution in [2.45, 2.75) is 13.1 Å². The van der Waals surface area contributed by atoms with Crippen molar-refractivity contribution in [1.82, 2.24) is 0 Å². The number of hydrogen-bond acceptors (Lipinski definition) is 2. The van der Waals surface area contributed by atoms with Crippen LogP contribution in [0.25, 0.3) is 0 Å². The van der Waals surface area contributed by atoms with Crippen molar-refractivity contribution in [3.63, 3.8) is 0 Å². The van der Waals surface area contributed by atoms with Crippen LogP contribution in [-0.2, 0) is 0 Å². The number of halogens is 4. The van der Waals surface area contributed by atoms with Crippen LogP contribution in [0.3, 0.4) is 0 Å². The van der Waals surface area contributed by atoms with E-state index >= 15 is 0 Å². The van der Waals surface area contributed by atoms with Gasteiger partial charge in [0.25, 0.3) is 5.78 Å². The molecule has 0 saturated carbocycles. The maximum atomic E-state index is 12.3. The van der Waals surface area contributed by atoms with Crippen LogP contribution in [-0.4, -0.2) is 19.1 Å². The molecule has 1 aromatic carbocycles. The third-order valence-corrected chi connectivity index (χ3v) is 2.84. The summed E-state index contributed by atoms with van der Waals surface area (Å²) in [5.41, 5.74) is 0.0594. The number of alkyl halides is 3. The van der Waals surface area contributed by atoms with E-state index in [1.54, 1.807) is 6.92 Å². The van der Waals surface area contributed by atoms with Crippen molar-refractivity contribution in [2.24, 2.45) is 0 Å². The zero-order valence-corrected chi connectivity index (χ0v) is 10.1. The third kappa shape index (κ3) is 2.55. The maximum absolute atomic E-state index is 12.3. The number of carbonyl (C=O) groups is 1. The largest absolute Gasteiger partial charge is 0.496 e. The second kappa shape index (κ2) is 4.45. The van der Waals surface area contributed by atoms with E-state index in [2.05, 4.69) is 15.9 Å². The molecule has 0 heterocycles. The van der Waals surface area contributed by atoms with E-state index in [1.165, 1.54) is 13.2 Å². The predicted molar refractivity (Wildman–Crippen MR) is 55.8 cm³/mol. The topological polar surface area (TPSA) is 26.3 Å². The number of rotatable bonds is 2. The third-order valence-electron chi connectivity index (χ3n) is 1.98. The lowest BCUT2D eigenvalue weighted by Gasteiger charge is -2.11. The minimum atomic E-state index is -4.90. The van der Waals surface area contributed by atoms with Crippen molar-refractivity contribution >= 4 is 21.7 Å². The molecule has 0 radical (unpaired) electrons. The Bertz CT molecular complexity index is 427. The fourth-order valence-corrected chi connectivity index (χ4v) is 1.48. The van der Waals surface area contributed by atoms with E-state index < -0.39 is 17.5 Å². The quantitative estimate of drug-likeness (QED) is 0.781. The summed E-state index contributed by atoms with van der Waals surface area (Å²) in [6, 6.07) is 2.49. The van der Waals surface area contributed by atoms with Crippen LogP contribution in [0.4, 0.5) is 13.2 Å². The zero-order valence-electron chi connectivity index (χ0n) is 8.48. The van der Waals surface area contributed by atoms with Crippen molar-refractivity contribution < 1.29 is 22.7 Å². The summed E-state index contributed by atoms with van der Waals surface area (Å²) in [5, 5.41) is 0. The second-order valence-electron chi connectivity index (χ2n) is 3.13. The second-order valence-corrected chi connectivity index (χ2v) is 3.98. The van der Waals surface area contributed by atoms with Crippen LogP contribution in [0.15, 0.2) is 16.6 Å². The average molecular weight is 297 g/mol. The molecule has 0 saturated heterocycles. The van der Waals surface area contributed by atoms with Crippen LogP contribution in [0.5, 0.6) is 5.75 Å². The molecule has 0 bridgehead atoms. The molecule has 0 aromatic heterocycles. The molecule has 2 nitrogen and oxygen atoms in total. The highest BCUT2D eigenvalue weighted by molar-refractivity contribution is 9.10. The predicted octanol–water partition coefficient (Wildman–Crippen LogP) is 3.51. The molecule has 1 aromatic rings. The molecule has 0 aliphatic rings. The molecule has 0 N–H and O–H groups in total. The molecule has 6 heteroatoms. The fraction of sp³-hybridized carbons (Fsp3) is 0.300. The molecule has 0 aliphatic carbocycles. The number of benzene rings is 1. The Balaban J connectivity index is 3.33. The summed E-state index contributed by atoms with van der Waals surface area (Å²) in [6.45, 7) is 1.59. The minimum Gasteiger partial charge on any atom is -0.496 e. The lowest BCUT2D eigenvalue weighted by Crippen LogP contribution is -2.23. The standard InChI is InChI=1S/C10H8BrF3O2/c1-5-3-6(9(15)10(12,13)14)8(16-2)4-7(5)11/h3-4H,1-2H3. The number of methoxy groups -OCH3 is 1. The first-order chi connectivity index (χ1) is 7.27. The van der Waals surface area contributed by atoms with E-state index in [0.29, 0.717) is 10.0 Å². The summed E-state index contributed by atoms with van der Waals surface area (Å²) in [4.78, 5) is 11.1. The SMILES string of the molecule is COc1cc(Br)c(C)cc1C(=O)C(F)(F)F. The zero-order chi connectivity index (χ0) is 12.5. The molecule has 0 unspecified atom stereocenters. The smallest absolute Gasteiger partial charge is 0.455 e. The van der Waals surface area contributed by atoms with Gasteiger partial charge in [0.2, 0.25) is 0 Å². The number of carbonyl (C=O) groups excluding carboxylic acids is 1. The highest BCUT2D eigenvalue weighted by atomic mass is 79.9.